The number of esters is 1. The zero-order valence-corrected chi connectivity index (χ0v) is 17.0. The van der Waals surface area contributed by atoms with Crippen LogP contribution in [0.3, 0.4) is 0 Å². The molecule has 0 spiro atoms. The average molecular weight is 470 g/mol. The molecule has 2 aromatic rings. The lowest BCUT2D eigenvalue weighted by Crippen LogP contribution is -2.39. The molecule has 148 valence electrons. The highest BCUT2D eigenvalue weighted by molar-refractivity contribution is 9.10. The molecule has 3 N–H and O–H groups in total. The first-order valence-electron chi connectivity index (χ1n) is 7.78. The summed E-state index contributed by atoms with van der Waals surface area (Å²) in [5.41, 5.74) is 0.177. The van der Waals surface area contributed by atoms with Crippen LogP contribution >= 0.6 is 15.9 Å². The standard InChI is InChI=1S/C17H16BrN3O6S/c1-19-17(24)20-15(22)10-27-16(23)11-3-2-4-13(9-11)21-28(25,26)14-7-5-12(18)6-8-14/h2-9,21H,10H2,1H3,(H2,19,20,22,24). The van der Waals surface area contributed by atoms with Crippen molar-refractivity contribution < 1.29 is 27.5 Å². The summed E-state index contributed by atoms with van der Waals surface area (Å²) >= 11 is 3.23. The Hall–Kier alpha value is -2.92. The average Bonchev–Trinajstić information content (AvgIpc) is 2.66. The number of urea groups is 1. The Morgan fingerprint density at radius 1 is 1.07 bits per heavy atom. The van der Waals surface area contributed by atoms with E-state index >= 15 is 0 Å². The zero-order valence-electron chi connectivity index (χ0n) is 14.6. The molecular formula is C17H16BrN3O6S. The van der Waals surface area contributed by atoms with E-state index in [1.807, 2.05) is 5.32 Å². The molecule has 0 unspecified atom stereocenters. The number of nitrogens with one attached hydrogen (secondary N) is 3. The maximum atomic E-state index is 12.4. The third kappa shape index (κ3) is 6.06. The third-order valence-corrected chi connectivity index (χ3v) is 5.21. The molecule has 11 heteroatoms. The molecule has 28 heavy (non-hydrogen) atoms. The number of carbonyl (C=O) groups is 3. The highest BCUT2D eigenvalue weighted by atomic mass is 79.9. The highest BCUT2D eigenvalue weighted by Gasteiger charge is 2.16. The number of rotatable bonds is 6. The molecule has 0 aliphatic heterocycles. The second-order valence-corrected chi connectivity index (χ2v) is 7.94. The molecule has 0 aliphatic rings. The van der Waals surface area contributed by atoms with Crippen LogP contribution < -0.4 is 15.4 Å². The first kappa shape index (κ1) is 21.4. The van der Waals surface area contributed by atoms with E-state index in [1.54, 1.807) is 12.1 Å². The van der Waals surface area contributed by atoms with Crippen molar-refractivity contribution in [2.45, 2.75) is 4.90 Å². The number of anilines is 1. The van der Waals surface area contributed by atoms with Gasteiger partial charge in [-0.15, -0.1) is 0 Å². The van der Waals surface area contributed by atoms with E-state index in [0.717, 1.165) is 4.47 Å². The molecule has 2 aromatic carbocycles. The fourth-order valence-electron chi connectivity index (χ4n) is 1.98. The van der Waals surface area contributed by atoms with Gasteiger partial charge in [0.1, 0.15) is 0 Å². The fourth-order valence-corrected chi connectivity index (χ4v) is 3.29. The van der Waals surface area contributed by atoms with Crippen molar-refractivity contribution in [1.82, 2.24) is 10.6 Å². The first-order valence-corrected chi connectivity index (χ1v) is 10.1. The Labute approximate surface area is 169 Å². The smallest absolute Gasteiger partial charge is 0.338 e. The van der Waals surface area contributed by atoms with Crippen LogP contribution in [0, 0.1) is 0 Å². The molecule has 2 rings (SSSR count). The lowest BCUT2D eigenvalue weighted by molar-refractivity contribution is -0.123. The number of amides is 3. The Balaban J connectivity index is 2.05. The van der Waals surface area contributed by atoms with Crippen molar-refractivity contribution in [2.24, 2.45) is 0 Å². The van der Waals surface area contributed by atoms with Gasteiger partial charge in [-0.3, -0.25) is 14.8 Å². The van der Waals surface area contributed by atoms with Gasteiger partial charge in [0.15, 0.2) is 6.61 Å². The third-order valence-electron chi connectivity index (χ3n) is 3.29. The molecule has 0 heterocycles. The largest absolute Gasteiger partial charge is 0.452 e. The van der Waals surface area contributed by atoms with Gasteiger partial charge < -0.3 is 10.1 Å². The lowest BCUT2D eigenvalue weighted by atomic mass is 10.2. The van der Waals surface area contributed by atoms with Crippen LogP contribution in [0.2, 0.25) is 0 Å². The molecule has 0 saturated carbocycles. The lowest BCUT2D eigenvalue weighted by Gasteiger charge is -2.10. The molecule has 0 aromatic heterocycles. The number of ether oxygens (including phenoxy) is 1. The monoisotopic (exact) mass is 469 g/mol. The predicted molar refractivity (Wildman–Crippen MR) is 104 cm³/mol. The van der Waals surface area contributed by atoms with Gasteiger partial charge in [-0.05, 0) is 42.5 Å². The van der Waals surface area contributed by atoms with E-state index in [2.05, 4.69) is 26.0 Å². The number of hydrogen-bond acceptors (Lipinski definition) is 6. The molecule has 0 radical (unpaired) electrons. The van der Waals surface area contributed by atoms with Crippen molar-refractivity contribution in [3.05, 3.63) is 58.6 Å². The minimum absolute atomic E-state index is 0.0312. The number of sulfonamides is 1. The van der Waals surface area contributed by atoms with Crippen molar-refractivity contribution in [1.29, 1.82) is 0 Å². The van der Waals surface area contributed by atoms with E-state index < -0.39 is 34.5 Å². The molecule has 9 nitrogen and oxygen atoms in total. The van der Waals surface area contributed by atoms with E-state index in [0.29, 0.717) is 0 Å². The van der Waals surface area contributed by atoms with Gasteiger partial charge in [0.05, 0.1) is 10.5 Å². The summed E-state index contributed by atoms with van der Waals surface area (Å²) in [5.74, 6) is -1.66. The van der Waals surface area contributed by atoms with Gasteiger partial charge >= 0.3 is 12.0 Å². The van der Waals surface area contributed by atoms with Crippen LogP contribution in [0.5, 0.6) is 0 Å². The Morgan fingerprint density at radius 3 is 2.39 bits per heavy atom. The van der Waals surface area contributed by atoms with Gasteiger partial charge in [-0.25, -0.2) is 18.0 Å². The maximum absolute atomic E-state index is 12.4. The fraction of sp³-hybridized carbons (Fsp3) is 0.118. The minimum atomic E-state index is -3.85. The molecule has 0 saturated heterocycles. The van der Waals surface area contributed by atoms with Crippen molar-refractivity contribution >= 4 is 49.5 Å². The summed E-state index contributed by atoms with van der Waals surface area (Å²) in [6.45, 7) is -0.666. The summed E-state index contributed by atoms with van der Waals surface area (Å²) in [5, 5.41) is 4.12. The summed E-state index contributed by atoms with van der Waals surface area (Å²) in [7, 11) is -2.52. The van der Waals surface area contributed by atoms with Crippen molar-refractivity contribution in [3.8, 4) is 0 Å². The number of imide groups is 1. The Kier molecular flexibility index (Phi) is 7.12. The zero-order chi connectivity index (χ0) is 20.7. The Morgan fingerprint density at radius 2 is 1.75 bits per heavy atom. The van der Waals surface area contributed by atoms with Crippen LogP contribution in [-0.2, 0) is 19.6 Å². The van der Waals surface area contributed by atoms with Gasteiger partial charge in [0.2, 0.25) is 0 Å². The van der Waals surface area contributed by atoms with E-state index in [1.165, 1.54) is 43.4 Å². The van der Waals surface area contributed by atoms with Crippen LogP contribution in [0.25, 0.3) is 0 Å². The summed E-state index contributed by atoms with van der Waals surface area (Å²) in [4.78, 5) is 34.5. The predicted octanol–water partition coefficient (Wildman–Crippen LogP) is 1.86. The van der Waals surface area contributed by atoms with Gasteiger partial charge in [0, 0.05) is 17.2 Å². The topological polar surface area (TPSA) is 131 Å². The molecular weight excluding hydrogens is 454 g/mol. The van der Waals surface area contributed by atoms with Crippen molar-refractivity contribution in [3.63, 3.8) is 0 Å². The number of halogens is 1. The van der Waals surface area contributed by atoms with Gasteiger partial charge in [-0.1, -0.05) is 22.0 Å². The maximum Gasteiger partial charge on any atom is 0.338 e. The first-order chi connectivity index (χ1) is 13.2. The van der Waals surface area contributed by atoms with Crippen LogP contribution in [0.4, 0.5) is 10.5 Å². The molecule has 0 atom stereocenters. The molecule has 0 bridgehead atoms. The molecule has 3 amide bonds. The van der Waals surface area contributed by atoms with Crippen LogP contribution in [0.1, 0.15) is 10.4 Å². The highest BCUT2D eigenvalue weighted by Crippen LogP contribution is 2.19. The van der Waals surface area contributed by atoms with E-state index in [-0.39, 0.29) is 16.1 Å². The van der Waals surface area contributed by atoms with E-state index in [4.69, 9.17) is 4.74 Å². The second kappa shape index (κ2) is 9.33. The van der Waals surface area contributed by atoms with Crippen LogP contribution in [-0.4, -0.2) is 40.0 Å². The summed E-state index contributed by atoms with van der Waals surface area (Å²) in [6, 6.07) is 10.9. The second-order valence-electron chi connectivity index (χ2n) is 5.34. The Bertz CT molecular complexity index is 992. The van der Waals surface area contributed by atoms with E-state index in [9.17, 15) is 22.8 Å². The summed E-state index contributed by atoms with van der Waals surface area (Å²) < 4.78 is 32.7. The van der Waals surface area contributed by atoms with Gasteiger partial charge in [-0.2, -0.15) is 0 Å². The normalized spacial score (nSPS) is 10.6. The number of benzene rings is 2. The van der Waals surface area contributed by atoms with Crippen LogP contribution in [0.15, 0.2) is 57.9 Å². The number of hydrogen-bond donors (Lipinski definition) is 3. The molecule has 0 aliphatic carbocycles. The van der Waals surface area contributed by atoms with Crippen molar-refractivity contribution in [2.75, 3.05) is 18.4 Å². The molecule has 0 fully saturated rings. The summed E-state index contributed by atoms with van der Waals surface area (Å²) in [6.07, 6.45) is 0. The number of carbonyl (C=O) groups excluding carboxylic acids is 3. The minimum Gasteiger partial charge on any atom is -0.452 e. The van der Waals surface area contributed by atoms with Gasteiger partial charge in [0.25, 0.3) is 15.9 Å². The quantitative estimate of drug-likeness (QED) is 0.553. The SMILES string of the molecule is CNC(=O)NC(=O)COC(=O)c1cccc(NS(=O)(=O)c2ccc(Br)cc2)c1.